The van der Waals surface area contributed by atoms with Gasteiger partial charge in [0.05, 0.1) is 0 Å². The van der Waals surface area contributed by atoms with Crippen molar-refractivity contribution >= 4 is 21.8 Å². The molecule has 0 spiro atoms. The van der Waals surface area contributed by atoms with Crippen LogP contribution in [0.3, 0.4) is 0 Å². The summed E-state index contributed by atoms with van der Waals surface area (Å²) in [6.07, 6.45) is 17.6. The lowest BCUT2D eigenvalue weighted by Crippen LogP contribution is -3.00. The van der Waals surface area contributed by atoms with Crippen molar-refractivity contribution in [2.24, 2.45) is 14.1 Å². The van der Waals surface area contributed by atoms with E-state index in [1.54, 1.807) is 0 Å². The number of nitrogens with zero attached hydrogens (tertiary/aromatic N) is 2. The molecule has 0 aliphatic heterocycles. The second-order valence-corrected chi connectivity index (χ2v) is 9.27. The van der Waals surface area contributed by atoms with Gasteiger partial charge in [0, 0.05) is 35.0 Å². The Labute approximate surface area is 239 Å². The smallest absolute Gasteiger partial charge is 0.212 e. The zero-order valence-electron chi connectivity index (χ0n) is 20.6. The number of halogens is 2. The van der Waals surface area contributed by atoms with Crippen LogP contribution >= 0.6 is 0 Å². The minimum absolute atomic E-state index is 0. The summed E-state index contributed by atoms with van der Waals surface area (Å²) < 4.78 is 4.44. The quantitative estimate of drug-likeness (QED) is 0.124. The van der Waals surface area contributed by atoms with Crippen LogP contribution in [0.15, 0.2) is 73.1 Å². The van der Waals surface area contributed by atoms with Gasteiger partial charge in [-0.1, -0.05) is 62.8 Å². The van der Waals surface area contributed by atoms with E-state index in [2.05, 4.69) is 96.3 Å². The normalized spacial score (nSPS) is 10.8. The molecular formula is C30H38I2N2. The highest BCUT2D eigenvalue weighted by molar-refractivity contribution is 5.79. The summed E-state index contributed by atoms with van der Waals surface area (Å²) in [4.78, 5) is 0. The molecule has 0 bridgehead atoms. The number of rotatable bonds is 11. The van der Waals surface area contributed by atoms with Crippen LogP contribution in [-0.2, 0) is 26.9 Å². The minimum atomic E-state index is 0. The number of hydrogen-bond acceptors (Lipinski definition) is 0. The van der Waals surface area contributed by atoms with Gasteiger partial charge in [-0.3, -0.25) is 0 Å². The SMILES string of the molecule is C[n+]1ccc(CCCCCCCCCCc2cc[n+](C)c3ccccc23)c2ccccc21.[I-].[I-]. The maximum absolute atomic E-state index is 2.30. The number of para-hydroxylation sites is 2. The van der Waals surface area contributed by atoms with Gasteiger partial charge in [-0.2, -0.15) is 0 Å². The number of unbranched alkanes of at least 4 members (excludes halogenated alkanes) is 7. The monoisotopic (exact) mass is 680 g/mol. The van der Waals surface area contributed by atoms with Crippen molar-refractivity contribution < 1.29 is 57.1 Å². The predicted molar refractivity (Wildman–Crippen MR) is 135 cm³/mol. The van der Waals surface area contributed by atoms with Gasteiger partial charge in [-0.05, 0) is 48.9 Å². The van der Waals surface area contributed by atoms with Gasteiger partial charge in [0.1, 0.15) is 14.1 Å². The van der Waals surface area contributed by atoms with Crippen molar-refractivity contribution in [3.05, 3.63) is 84.2 Å². The third-order valence-corrected chi connectivity index (χ3v) is 6.90. The molecule has 4 aromatic rings. The number of aromatic nitrogens is 2. The summed E-state index contributed by atoms with van der Waals surface area (Å²) in [5.41, 5.74) is 5.67. The molecular weight excluding hydrogens is 642 g/mol. The van der Waals surface area contributed by atoms with E-state index in [4.69, 9.17) is 0 Å². The van der Waals surface area contributed by atoms with E-state index in [1.165, 1.54) is 97.1 Å². The fourth-order valence-corrected chi connectivity index (χ4v) is 4.98. The van der Waals surface area contributed by atoms with Gasteiger partial charge in [0.2, 0.25) is 11.0 Å². The largest absolute Gasteiger partial charge is 1.00 e. The number of hydrogen-bond donors (Lipinski definition) is 0. The van der Waals surface area contributed by atoms with Crippen molar-refractivity contribution in [3.8, 4) is 0 Å². The van der Waals surface area contributed by atoms with Gasteiger partial charge < -0.3 is 48.0 Å². The van der Waals surface area contributed by atoms with Crippen molar-refractivity contribution in [2.45, 2.75) is 64.2 Å². The van der Waals surface area contributed by atoms with Crippen molar-refractivity contribution in [1.82, 2.24) is 0 Å². The first-order valence-electron chi connectivity index (χ1n) is 12.5. The Balaban J connectivity index is 0.00000204. The Morgan fingerprint density at radius 2 is 0.824 bits per heavy atom. The molecule has 2 aromatic carbocycles. The van der Waals surface area contributed by atoms with E-state index < -0.39 is 0 Å². The first-order valence-corrected chi connectivity index (χ1v) is 12.5. The highest BCUT2D eigenvalue weighted by atomic mass is 127. The maximum Gasteiger partial charge on any atom is 0.212 e. The van der Waals surface area contributed by atoms with Crippen molar-refractivity contribution in [2.75, 3.05) is 0 Å². The first-order chi connectivity index (χ1) is 15.7. The first kappa shape index (κ1) is 29.0. The Morgan fingerprint density at radius 3 is 1.24 bits per heavy atom. The maximum atomic E-state index is 2.30. The van der Waals surface area contributed by atoms with E-state index in [-0.39, 0.29) is 48.0 Å². The molecule has 2 nitrogen and oxygen atoms in total. The second kappa shape index (κ2) is 15.0. The van der Waals surface area contributed by atoms with Gasteiger partial charge in [-0.25, -0.2) is 9.13 Å². The van der Waals surface area contributed by atoms with E-state index in [9.17, 15) is 0 Å². The molecule has 0 saturated heterocycles. The van der Waals surface area contributed by atoms with Crippen LogP contribution in [0.4, 0.5) is 0 Å². The zero-order valence-corrected chi connectivity index (χ0v) is 25.0. The highest BCUT2D eigenvalue weighted by Gasteiger charge is 2.09. The molecule has 0 fully saturated rings. The molecule has 2 aromatic heterocycles. The molecule has 0 aliphatic carbocycles. The average molecular weight is 680 g/mol. The predicted octanol–water partition coefficient (Wildman–Crippen LogP) is 0.556. The lowest BCUT2D eigenvalue weighted by Gasteiger charge is -2.06. The standard InChI is InChI=1S/C30H38N2.2HI/c1-31-23-21-25(27-17-11-13-19-29(27)31)15-9-7-5-3-4-6-8-10-16-26-22-24-32(2)30-20-14-12-18-28(26)30;;/h11-14,17-24H,3-10,15-16H2,1-2H3;2*1H/q+2;;/p-2. The molecule has 0 unspecified atom stereocenters. The Bertz CT molecular complexity index is 1080. The third-order valence-electron chi connectivity index (χ3n) is 6.90. The molecule has 0 radical (unpaired) electrons. The minimum Gasteiger partial charge on any atom is -1.00 e. The van der Waals surface area contributed by atoms with E-state index in [0.717, 1.165) is 0 Å². The zero-order chi connectivity index (χ0) is 22.2. The Hall–Kier alpha value is -1.28. The van der Waals surface area contributed by atoms with Gasteiger partial charge in [0.25, 0.3) is 0 Å². The molecule has 0 saturated carbocycles. The van der Waals surface area contributed by atoms with Crippen LogP contribution in [0, 0.1) is 0 Å². The van der Waals surface area contributed by atoms with Crippen LogP contribution in [-0.4, -0.2) is 0 Å². The highest BCUT2D eigenvalue weighted by Crippen LogP contribution is 2.20. The van der Waals surface area contributed by atoms with Gasteiger partial charge in [-0.15, -0.1) is 0 Å². The molecule has 4 rings (SSSR count). The Morgan fingerprint density at radius 1 is 0.471 bits per heavy atom. The number of fused-ring (bicyclic) bond motifs is 2. The summed E-state index contributed by atoms with van der Waals surface area (Å²) >= 11 is 0. The second-order valence-electron chi connectivity index (χ2n) is 9.27. The van der Waals surface area contributed by atoms with Crippen molar-refractivity contribution in [3.63, 3.8) is 0 Å². The van der Waals surface area contributed by atoms with Crippen LogP contribution in [0.25, 0.3) is 21.8 Å². The summed E-state index contributed by atoms with van der Waals surface area (Å²) in [7, 11) is 4.27. The van der Waals surface area contributed by atoms with Crippen molar-refractivity contribution in [1.29, 1.82) is 0 Å². The van der Waals surface area contributed by atoms with E-state index >= 15 is 0 Å². The molecule has 182 valence electrons. The summed E-state index contributed by atoms with van der Waals surface area (Å²) in [5.74, 6) is 0. The van der Waals surface area contributed by atoms with Crippen LogP contribution in [0.1, 0.15) is 62.5 Å². The number of benzene rings is 2. The van der Waals surface area contributed by atoms with Crippen LogP contribution in [0.5, 0.6) is 0 Å². The molecule has 34 heavy (non-hydrogen) atoms. The lowest BCUT2D eigenvalue weighted by atomic mass is 10.00. The summed E-state index contributed by atoms with van der Waals surface area (Å²) in [6, 6.07) is 22.2. The van der Waals surface area contributed by atoms with Gasteiger partial charge >= 0.3 is 0 Å². The molecule has 2 heterocycles. The fourth-order valence-electron chi connectivity index (χ4n) is 4.98. The number of pyridine rings is 2. The summed E-state index contributed by atoms with van der Waals surface area (Å²) in [5, 5.41) is 2.83. The molecule has 0 N–H and O–H groups in total. The lowest BCUT2D eigenvalue weighted by molar-refractivity contribution is -0.645. The molecule has 0 aliphatic rings. The van der Waals surface area contributed by atoms with Crippen LogP contribution in [0.2, 0.25) is 0 Å². The number of aryl methyl sites for hydroxylation is 4. The molecule has 0 atom stereocenters. The molecule has 0 amide bonds. The van der Waals surface area contributed by atoms with E-state index in [1.807, 2.05) is 0 Å². The fraction of sp³-hybridized carbons (Fsp3) is 0.400. The summed E-state index contributed by atoms with van der Waals surface area (Å²) in [6.45, 7) is 0. The van der Waals surface area contributed by atoms with Crippen LogP contribution < -0.4 is 57.1 Å². The topological polar surface area (TPSA) is 7.76 Å². The van der Waals surface area contributed by atoms with Gasteiger partial charge in [0.15, 0.2) is 12.4 Å². The molecule has 4 heteroatoms. The Kier molecular flexibility index (Phi) is 12.7. The van der Waals surface area contributed by atoms with E-state index in [0.29, 0.717) is 0 Å². The average Bonchev–Trinajstić information content (AvgIpc) is 2.83. The third kappa shape index (κ3) is 7.61.